The van der Waals surface area contributed by atoms with Crippen molar-refractivity contribution in [1.82, 2.24) is 5.32 Å². The Morgan fingerprint density at radius 3 is 2.65 bits per heavy atom. The summed E-state index contributed by atoms with van der Waals surface area (Å²) in [4.78, 5) is 0. The first-order valence-electron chi connectivity index (χ1n) is 5.51. The summed E-state index contributed by atoms with van der Waals surface area (Å²) in [5, 5.41) is 3.76. The van der Waals surface area contributed by atoms with Gasteiger partial charge in [-0.2, -0.15) is 0 Å². The van der Waals surface area contributed by atoms with E-state index in [-0.39, 0.29) is 0 Å². The number of nitrogens with one attached hydrogen (secondary N) is 1. The van der Waals surface area contributed by atoms with Crippen LogP contribution in [0.2, 0.25) is 5.02 Å². The molecule has 0 unspecified atom stereocenters. The predicted molar refractivity (Wildman–Crippen MR) is 72.1 cm³/mol. The molecule has 0 radical (unpaired) electrons. The summed E-state index contributed by atoms with van der Waals surface area (Å²) >= 11 is 6.10. The average Bonchev–Trinajstić information content (AvgIpc) is 2.34. The SMILES string of the molecule is CCNCC=Cc1cc(Cl)c(OC)c(OC)c1. The minimum absolute atomic E-state index is 0.551. The van der Waals surface area contributed by atoms with Crippen LogP contribution < -0.4 is 14.8 Å². The Balaban J connectivity index is 2.87. The summed E-state index contributed by atoms with van der Waals surface area (Å²) in [6.07, 6.45) is 4.04. The van der Waals surface area contributed by atoms with Gasteiger partial charge in [0.15, 0.2) is 11.5 Å². The van der Waals surface area contributed by atoms with Crippen molar-refractivity contribution in [3.8, 4) is 11.5 Å². The molecular formula is C13H18ClNO2. The van der Waals surface area contributed by atoms with Gasteiger partial charge in [0, 0.05) is 6.54 Å². The number of methoxy groups -OCH3 is 2. The van der Waals surface area contributed by atoms with Gasteiger partial charge in [-0.25, -0.2) is 0 Å². The minimum atomic E-state index is 0.551. The van der Waals surface area contributed by atoms with Crippen molar-refractivity contribution in [2.75, 3.05) is 27.3 Å². The fraction of sp³-hybridized carbons (Fsp3) is 0.385. The normalized spacial score (nSPS) is 10.8. The van der Waals surface area contributed by atoms with E-state index in [2.05, 4.69) is 12.2 Å². The van der Waals surface area contributed by atoms with Gasteiger partial charge in [0.25, 0.3) is 0 Å². The maximum Gasteiger partial charge on any atom is 0.179 e. The van der Waals surface area contributed by atoms with Gasteiger partial charge in [-0.05, 0) is 24.2 Å². The number of rotatable bonds is 6. The third-order valence-electron chi connectivity index (χ3n) is 2.28. The van der Waals surface area contributed by atoms with Crippen LogP contribution in [0.15, 0.2) is 18.2 Å². The van der Waals surface area contributed by atoms with Crippen molar-refractivity contribution in [1.29, 1.82) is 0 Å². The zero-order valence-corrected chi connectivity index (χ0v) is 11.2. The van der Waals surface area contributed by atoms with Crippen LogP contribution in [-0.2, 0) is 0 Å². The van der Waals surface area contributed by atoms with Gasteiger partial charge in [0.1, 0.15) is 0 Å². The lowest BCUT2D eigenvalue weighted by Crippen LogP contribution is -2.11. The molecule has 0 bridgehead atoms. The van der Waals surface area contributed by atoms with Crippen LogP contribution in [0, 0.1) is 0 Å². The molecule has 0 aliphatic rings. The van der Waals surface area contributed by atoms with E-state index in [4.69, 9.17) is 21.1 Å². The Morgan fingerprint density at radius 2 is 2.06 bits per heavy atom. The van der Waals surface area contributed by atoms with E-state index >= 15 is 0 Å². The molecule has 0 atom stereocenters. The summed E-state index contributed by atoms with van der Waals surface area (Å²) in [6, 6.07) is 3.75. The molecule has 0 saturated heterocycles. The molecule has 0 spiro atoms. The topological polar surface area (TPSA) is 30.5 Å². The fourth-order valence-corrected chi connectivity index (χ4v) is 1.75. The lowest BCUT2D eigenvalue weighted by atomic mass is 10.2. The Morgan fingerprint density at radius 1 is 1.29 bits per heavy atom. The van der Waals surface area contributed by atoms with Gasteiger partial charge in [0.05, 0.1) is 19.2 Å². The van der Waals surface area contributed by atoms with E-state index in [1.807, 2.05) is 24.3 Å². The molecule has 0 fully saturated rings. The monoisotopic (exact) mass is 255 g/mol. The maximum absolute atomic E-state index is 6.10. The number of benzene rings is 1. The first kappa shape index (κ1) is 13.9. The molecule has 4 heteroatoms. The van der Waals surface area contributed by atoms with Crippen LogP contribution in [0.4, 0.5) is 0 Å². The molecule has 1 aromatic carbocycles. The highest BCUT2D eigenvalue weighted by Gasteiger charge is 2.09. The number of ether oxygens (including phenoxy) is 2. The van der Waals surface area contributed by atoms with Crippen LogP contribution in [0.5, 0.6) is 11.5 Å². The van der Waals surface area contributed by atoms with Gasteiger partial charge in [-0.1, -0.05) is 30.7 Å². The molecule has 17 heavy (non-hydrogen) atoms. The Labute approximate surface area is 107 Å². The van der Waals surface area contributed by atoms with E-state index in [1.54, 1.807) is 14.2 Å². The molecule has 0 aliphatic carbocycles. The van der Waals surface area contributed by atoms with E-state index in [0.717, 1.165) is 18.7 Å². The zero-order valence-electron chi connectivity index (χ0n) is 10.4. The van der Waals surface area contributed by atoms with Crippen molar-refractivity contribution in [3.63, 3.8) is 0 Å². The maximum atomic E-state index is 6.10. The molecule has 0 saturated carbocycles. The van der Waals surface area contributed by atoms with Crippen molar-refractivity contribution in [3.05, 3.63) is 28.8 Å². The van der Waals surface area contributed by atoms with Gasteiger partial charge in [-0.15, -0.1) is 0 Å². The summed E-state index contributed by atoms with van der Waals surface area (Å²) in [5.74, 6) is 1.21. The van der Waals surface area contributed by atoms with Crippen LogP contribution >= 0.6 is 11.6 Å². The van der Waals surface area contributed by atoms with Gasteiger partial charge < -0.3 is 14.8 Å². The van der Waals surface area contributed by atoms with Crippen molar-refractivity contribution in [2.45, 2.75) is 6.92 Å². The minimum Gasteiger partial charge on any atom is -0.493 e. The third-order valence-corrected chi connectivity index (χ3v) is 2.56. The highest BCUT2D eigenvalue weighted by atomic mass is 35.5. The lowest BCUT2D eigenvalue weighted by molar-refractivity contribution is 0.355. The highest BCUT2D eigenvalue weighted by molar-refractivity contribution is 6.32. The van der Waals surface area contributed by atoms with E-state index in [0.29, 0.717) is 16.5 Å². The molecule has 1 rings (SSSR count). The van der Waals surface area contributed by atoms with Gasteiger partial charge >= 0.3 is 0 Å². The van der Waals surface area contributed by atoms with E-state index in [1.165, 1.54) is 0 Å². The molecule has 94 valence electrons. The second-order valence-corrected chi connectivity index (χ2v) is 3.86. The Bertz CT molecular complexity index is 391. The standard InChI is InChI=1S/C13H18ClNO2/c1-4-15-7-5-6-10-8-11(14)13(17-3)12(9-10)16-2/h5-6,8-9,15H,4,7H2,1-3H3. The average molecular weight is 256 g/mol. The molecule has 0 amide bonds. The number of hydrogen-bond acceptors (Lipinski definition) is 3. The lowest BCUT2D eigenvalue weighted by Gasteiger charge is -2.10. The van der Waals surface area contributed by atoms with Crippen LogP contribution in [0.3, 0.4) is 0 Å². The van der Waals surface area contributed by atoms with Crippen LogP contribution in [-0.4, -0.2) is 27.3 Å². The first-order valence-corrected chi connectivity index (χ1v) is 5.89. The second kappa shape index (κ2) is 7.20. The molecule has 0 heterocycles. The van der Waals surface area contributed by atoms with Crippen molar-refractivity contribution in [2.24, 2.45) is 0 Å². The van der Waals surface area contributed by atoms with Crippen molar-refractivity contribution >= 4 is 17.7 Å². The second-order valence-electron chi connectivity index (χ2n) is 3.45. The summed E-state index contributed by atoms with van der Waals surface area (Å²) in [7, 11) is 3.17. The molecule has 3 nitrogen and oxygen atoms in total. The van der Waals surface area contributed by atoms with E-state index < -0.39 is 0 Å². The summed E-state index contributed by atoms with van der Waals surface area (Å²) in [5.41, 5.74) is 0.991. The Hall–Kier alpha value is -1.19. The third kappa shape index (κ3) is 3.95. The first-order chi connectivity index (χ1) is 8.22. The number of likely N-dealkylation sites (N-methyl/N-ethyl adjacent to an activating group) is 1. The van der Waals surface area contributed by atoms with E-state index in [9.17, 15) is 0 Å². The largest absolute Gasteiger partial charge is 0.493 e. The highest BCUT2D eigenvalue weighted by Crippen LogP contribution is 2.36. The van der Waals surface area contributed by atoms with Crippen molar-refractivity contribution < 1.29 is 9.47 Å². The fourth-order valence-electron chi connectivity index (χ4n) is 1.46. The zero-order chi connectivity index (χ0) is 12.7. The number of hydrogen-bond donors (Lipinski definition) is 1. The summed E-state index contributed by atoms with van der Waals surface area (Å²) < 4.78 is 10.4. The quantitative estimate of drug-likeness (QED) is 0.793. The predicted octanol–water partition coefficient (Wildman–Crippen LogP) is 2.98. The molecule has 1 aromatic rings. The summed E-state index contributed by atoms with van der Waals surface area (Å²) in [6.45, 7) is 3.86. The van der Waals surface area contributed by atoms with Crippen LogP contribution in [0.25, 0.3) is 6.08 Å². The number of halogens is 1. The smallest absolute Gasteiger partial charge is 0.179 e. The molecule has 0 aliphatic heterocycles. The van der Waals surface area contributed by atoms with Gasteiger partial charge in [-0.3, -0.25) is 0 Å². The molecule has 1 N–H and O–H groups in total. The molecular weight excluding hydrogens is 238 g/mol. The Kier molecular flexibility index (Phi) is 5.87. The van der Waals surface area contributed by atoms with Gasteiger partial charge in [0.2, 0.25) is 0 Å². The van der Waals surface area contributed by atoms with Crippen LogP contribution in [0.1, 0.15) is 12.5 Å². The molecule has 0 aromatic heterocycles.